The predicted octanol–water partition coefficient (Wildman–Crippen LogP) is 0.430. The first-order chi connectivity index (χ1) is 8.58. The summed E-state index contributed by atoms with van der Waals surface area (Å²) in [5.74, 6) is -0.814. The molecule has 1 aliphatic heterocycles. The fraction of sp³-hybridized carbons (Fsp3) is 0.667. The molecule has 2 amide bonds. The Morgan fingerprint density at radius 2 is 2.06 bits per heavy atom. The monoisotopic (exact) mass is 256 g/mol. The summed E-state index contributed by atoms with van der Waals surface area (Å²) in [6.45, 7) is 4.72. The summed E-state index contributed by atoms with van der Waals surface area (Å²) in [4.78, 5) is 24.3. The van der Waals surface area contributed by atoms with E-state index in [4.69, 9.17) is 10.2 Å². The number of piperidine rings is 1. The number of hydrogen-bond donors (Lipinski definition) is 3. The minimum atomic E-state index is -1.06. The summed E-state index contributed by atoms with van der Waals surface area (Å²) in [6, 6.07) is -1.29. The van der Waals surface area contributed by atoms with Crippen LogP contribution in [0.4, 0.5) is 4.79 Å². The van der Waals surface area contributed by atoms with Crippen molar-refractivity contribution >= 4 is 12.0 Å². The summed E-state index contributed by atoms with van der Waals surface area (Å²) < 4.78 is 0. The topological polar surface area (TPSA) is 89.9 Å². The lowest BCUT2D eigenvalue weighted by Crippen LogP contribution is -2.50. The standard InChI is InChI=1S/C12H20N2O4/c1-2-3-10(11(16)17)13-12(18)14-6-4-9(8-15)5-7-14/h2,9-10,15H,1,3-8H2,(H,13,18)(H,16,17). The van der Waals surface area contributed by atoms with Crippen LogP contribution in [0.25, 0.3) is 0 Å². The van der Waals surface area contributed by atoms with E-state index in [0.29, 0.717) is 13.1 Å². The van der Waals surface area contributed by atoms with Crippen molar-refractivity contribution in [2.45, 2.75) is 25.3 Å². The summed E-state index contributed by atoms with van der Waals surface area (Å²) in [6.07, 6.45) is 3.18. The van der Waals surface area contributed by atoms with Crippen LogP contribution in [-0.4, -0.2) is 52.9 Å². The van der Waals surface area contributed by atoms with E-state index in [1.165, 1.54) is 6.08 Å². The third-order valence-corrected chi connectivity index (χ3v) is 3.16. The van der Waals surface area contributed by atoms with Gasteiger partial charge in [-0.25, -0.2) is 9.59 Å². The number of carbonyl (C=O) groups excluding carboxylic acids is 1. The van der Waals surface area contributed by atoms with E-state index in [9.17, 15) is 9.59 Å². The minimum Gasteiger partial charge on any atom is -0.480 e. The van der Waals surface area contributed by atoms with Gasteiger partial charge < -0.3 is 20.4 Å². The summed E-state index contributed by atoms with van der Waals surface area (Å²) in [7, 11) is 0. The highest BCUT2D eigenvalue weighted by Gasteiger charge is 2.25. The molecule has 0 aromatic carbocycles. The van der Waals surface area contributed by atoms with Crippen LogP contribution >= 0.6 is 0 Å². The second-order valence-electron chi connectivity index (χ2n) is 4.48. The Labute approximate surface area is 106 Å². The molecule has 1 unspecified atom stereocenters. The molecule has 0 saturated carbocycles. The molecule has 0 aromatic heterocycles. The third kappa shape index (κ3) is 4.03. The Morgan fingerprint density at radius 1 is 1.44 bits per heavy atom. The number of nitrogens with zero attached hydrogens (tertiary/aromatic N) is 1. The molecule has 1 aliphatic rings. The van der Waals surface area contributed by atoms with Crippen molar-refractivity contribution < 1.29 is 19.8 Å². The van der Waals surface area contributed by atoms with Crippen molar-refractivity contribution in [3.63, 3.8) is 0 Å². The highest BCUT2D eigenvalue weighted by atomic mass is 16.4. The average Bonchev–Trinajstić information content (AvgIpc) is 2.38. The maximum Gasteiger partial charge on any atom is 0.326 e. The number of aliphatic hydroxyl groups excluding tert-OH is 1. The van der Waals surface area contributed by atoms with Gasteiger partial charge in [-0.2, -0.15) is 0 Å². The van der Waals surface area contributed by atoms with Gasteiger partial charge in [0.05, 0.1) is 0 Å². The van der Waals surface area contributed by atoms with Crippen LogP contribution in [-0.2, 0) is 4.79 Å². The highest BCUT2D eigenvalue weighted by molar-refractivity contribution is 5.82. The third-order valence-electron chi connectivity index (χ3n) is 3.16. The number of urea groups is 1. The van der Waals surface area contributed by atoms with Crippen molar-refractivity contribution in [3.05, 3.63) is 12.7 Å². The van der Waals surface area contributed by atoms with Gasteiger partial charge in [-0.3, -0.25) is 0 Å². The zero-order valence-electron chi connectivity index (χ0n) is 10.3. The number of aliphatic carboxylic acids is 1. The Morgan fingerprint density at radius 3 is 2.50 bits per heavy atom. The molecule has 0 bridgehead atoms. The lowest BCUT2D eigenvalue weighted by molar-refractivity contribution is -0.139. The number of carbonyl (C=O) groups is 2. The molecule has 6 heteroatoms. The number of nitrogens with one attached hydrogen (secondary N) is 1. The zero-order chi connectivity index (χ0) is 13.5. The van der Waals surface area contributed by atoms with Crippen LogP contribution in [0.3, 0.4) is 0 Å². The van der Waals surface area contributed by atoms with Crippen LogP contribution < -0.4 is 5.32 Å². The molecule has 1 heterocycles. The van der Waals surface area contributed by atoms with Gasteiger partial charge in [-0.05, 0) is 25.2 Å². The first-order valence-corrected chi connectivity index (χ1v) is 6.08. The fourth-order valence-corrected chi connectivity index (χ4v) is 1.95. The second-order valence-corrected chi connectivity index (χ2v) is 4.48. The van der Waals surface area contributed by atoms with Crippen LogP contribution in [0.2, 0.25) is 0 Å². The van der Waals surface area contributed by atoms with Crippen LogP contribution in [0.15, 0.2) is 12.7 Å². The summed E-state index contributed by atoms with van der Waals surface area (Å²) in [5.41, 5.74) is 0. The van der Waals surface area contributed by atoms with Gasteiger partial charge in [0.1, 0.15) is 6.04 Å². The molecule has 18 heavy (non-hydrogen) atoms. The number of amides is 2. The van der Waals surface area contributed by atoms with Crippen LogP contribution in [0.5, 0.6) is 0 Å². The fourth-order valence-electron chi connectivity index (χ4n) is 1.95. The Kier molecular flexibility index (Phi) is 5.64. The molecule has 0 aliphatic carbocycles. The molecule has 6 nitrogen and oxygen atoms in total. The van der Waals surface area contributed by atoms with E-state index in [2.05, 4.69) is 11.9 Å². The van der Waals surface area contributed by atoms with Crippen molar-refractivity contribution in [3.8, 4) is 0 Å². The maximum atomic E-state index is 11.8. The molecule has 0 aromatic rings. The lowest BCUT2D eigenvalue weighted by Gasteiger charge is -2.31. The largest absolute Gasteiger partial charge is 0.480 e. The first-order valence-electron chi connectivity index (χ1n) is 6.08. The second kappa shape index (κ2) is 7.00. The van der Waals surface area contributed by atoms with Gasteiger partial charge in [0.15, 0.2) is 0 Å². The van der Waals surface area contributed by atoms with E-state index in [1.54, 1.807) is 4.90 Å². The molecular weight excluding hydrogens is 236 g/mol. The van der Waals surface area contributed by atoms with Gasteiger partial charge in [-0.15, -0.1) is 6.58 Å². The van der Waals surface area contributed by atoms with Gasteiger partial charge in [-0.1, -0.05) is 6.08 Å². The first kappa shape index (κ1) is 14.5. The number of hydrogen-bond acceptors (Lipinski definition) is 3. The Hall–Kier alpha value is -1.56. The quantitative estimate of drug-likeness (QED) is 0.622. The molecule has 1 saturated heterocycles. The van der Waals surface area contributed by atoms with E-state index in [-0.39, 0.29) is 25.0 Å². The number of rotatable bonds is 5. The van der Waals surface area contributed by atoms with Crippen LogP contribution in [0, 0.1) is 5.92 Å². The van der Waals surface area contributed by atoms with E-state index < -0.39 is 12.0 Å². The van der Waals surface area contributed by atoms with Crippen molar-refractivity contribution in [1.82, 2.24) is 10.2 Å². The summed E-state index contributed by atoms with van der Waals surface area (Å²) in [5, 5.41) is 20.4. The highest BCUT2D eigenvalue weighted by Crippen LogP contribution is 2.16. The normalized spacial score (nSPS) is 18.2. The van der Waals surface area contributed by atoms with Crippen molar-refractivity contribution in [1.29, 1.82) is 0 Å². The Bertz CT molecular complexity index is 311. The van der Waals surface area contributed by atoms with Crippen LogP contribution in [0.1, 0.15) is 19.3 Å². The molecule has 1 rings (SSSR count). The van der Waals surface area contributed by atoms with Crippen molar-refractivity contribution in [2.24, 2.45) is 5.92 Å². The molecule has 1 fully saturated rings. The van der Waals surface area contributed by atoms with Gasteiger partial charge >= 0.3 is 12.0 Å². The van der Waals surface area contributed by atoms with Gasteiger partial charge in [0.2, 0.25) is 0 Å². The van der Waals surface area contributed by atoms with Gasteiger partial charge in [0.25, 0.3) is 0 Å². The van der Waals surface area contributed by atoms with Crippen molar-refractivity contribution in [2.75, 3.05) is 19.7 Å². The predicted molar refractivity (Wildman–Crippen MR) is 66.2 cm³/mol. The number of likely N-dealkylation sites (tertiary alicyclic amines) is 1. The molecule has 0 radical (unpaired) electrons. The number of aliphatic hydroxyl groups is 1. The average molecular weight is 256 g/mol. The zero-order valence-corrected chi connectivity index (χ0v) is 10.3. The maximum absolute atomic E-state index is 11.8. The smallest absolute Gasteiger partial charge is 0.326 e. The lowest BCUT2D eigenvalue weighted by atomic mass is 9.98. The molecule has 1 atom stereocenters. The van der Waals surface area contributed by atoms with Gasteiger partial charge in [0, 0.05) is 19.7 Å². The number of carboxylic acids is 1. The van der Waals surface area contributed by atoms with E-state index >= 15 is 0 Å². The van der Waals surface area contributed by atoms with E-state index in [0.717, 1.165) is 12.8 Å². The summed E-state index contributed by atoms with van der Waals surface area (Å²) >= 11 is 0. The SMILES string of the molecule is C=CCC(NC(=O)N1CCC(CO)CC1)C(=O)O. The minimum absolute atomic E-state index is 0.143. The molecular formula is C12H20N2O4. The molecule has 3 N–H and O–H groups in total. The molecule has 0 spiro atoms. The van der Waals surface area contributed by atoms with E-state index in [1.807, 2.05) is 0 Å². The Balaban J connectivity index is 2.45. The molecule has 102 valence electrons. The number of carboxylic acid groups (broad SMARTS) is 1.